The fourth-order valence-corrected chi connectivity index (χ4v) is 3.34. The Balaban J connectivity index is 1.57. The Morgan fingerprint density at radius 1 is 1.11 bits per heavy atom. The first-order valence-electron chi connectivity index (χ1n) is 10.3. The molecule has 0 spiro atoms. The predicted octanol–water partition coefficient (Wildman–Crippen LogP) is 3.43. The van der Waals surface area contributed by atoms with Crippen LogP contribution in [0.1, 0.15) is 49.5 Å². The van der Waals surface area contributed by atoms with Gasteiger partial charge in [0, 0.05) is 38.1 Å². The van der Waals surface area contributed by atoms with Crippen molar-refractivity contribution in [1.82, 2.24) is 10.6 Å². The third-order valence-corrected chi connectivity index (χ3v) is 4.85. The lowest BCUT2D eigenvalue weighted by atomic mass is 10.0. The molecule has 6 nitrogen and oxygen atoms in total. The first-order valence-corrected chi connectivity index (χ1v) is 10.3. The number of para-hydroxylation sites is 1. The van der Waals surface area contributed by atoms with E-state index in [1.807, 2.05) is 30.3 Å². The molecule has 3 N–H and O–H groups in total. The minimum atomic E-state index is 0.189. The summed E-state index contributed by atoms with van der Waals surface area (Å²) >= 11 is 0. The van der Waals surface area contributed by atoms with Crippen LogP contribution in [0.15, 0.2) is 52.1 Å². The number of benzene rings is 1. The van der Waals surface area contributed by atoms with Gasteiger partial charge in [0.15, 0.2) is 5.96 Å². The van der Waals surface area contributed by atoms with E-state index in [9.17, 15) is 0 Å². The maximum Gasteiger partial charge on any atom is 0.191 e. The van der Waals surface area contributed by atoms with Crippen LogP contribution in [0.5, 0.6) is 5.75 Å². The van der Waals surface area contributed by atoms with E-state index in [2.05, 4.69) is 16.7 Å². The normalized spacial score (nSPS) is 16.3. The van der Waals surface area contributed by atoms with E-state index >= 15 is 0 Å². The number of aliphatic imine (C=N–C) groups is 1. The number of aliphatic hydroxyl groups is 1. The second kappa shape index (κ2) is 11.4. The summed E-state index contributed by atoms with van der Waals surface area (Å²) < 4.78 is 11.2. The van der Waals surface area contributed by atoms with Crippen molar-refractivity contribution in [2.45, 2.75) is 44.6 Å². The van der Waals surface area contributed by atoms with Gasteiger partial charge in [-0.15, -0.1) is 0 Å². The highest BCUT2D eigenvalue weighted by atomic mass is 16.5. The third kappa shape index (κ3) is 6.30. The van der Waals surface area contributed by atoms with E-state index in [4.69, 9.17) is 19.3 Å². The first-order chi connectivity index (χ1) is 13.9. The van der Waals surface area contributed by atoms with Crippen LogP contribution in [0, 0.1) is 0 Å². The van der Waals surface area contributed by atoms with Crippen molar-refractivity contribution in [3.05, 3.63) is 54.0 Å². The number of rotatable bonds is 10. The number of ether oxygens (including phenoxy) is 1. The van der Waals surface area contributed by atoms with Crippen LogP contribution >= 0.6 is 0 Å². The van der Waals surface area contributed by atoms with Gasteiger partial charge >= 0.3 is 0 Å². The molecule has 1 unspecified atom stereocenters. The molecule has 0 aliphatic carbocycles. The highest BCUT2D eigenvalue weighted by Crippen LogP contribution is 2.31. The van der Waals surface area contributed by atoms with Gasteiger partial charge in [-0.2, -0.15) is 0 Å². The van der Waals surface area contributed by atoms with Gasteiger partial charge in [0.2, 0.25) is 0 Å². The molecule has 28 heavy (non-hydrogen) atoms. The van der Waals surface area contributed by atoms with Gasteiger partial charge < -0.3 is 24.9 Å². The summed E-state index contributed by atoms with van der Waals surface area (Å²) in [4.78, 5) is 4.77. The van der Waals surface area contributed by atoms with Crippen molar-refractivity contribution in [3.8, 4) is 5.75 Å². The summed E-state index contributed by atoms with van der Waals surface area (Å²) in [5.41, 5.74) is 1.18. The van der Waals surface area contributed by atoms with Crippen molar-refractivity contribution in [3.63, 3.8) is 0 Å². The second-order valence-electron chi connectivity index (χ2n) is 7.00. The molecule has 1 aliphatic rings. The van der Waals surface area contributed by atoms with Crippen LogP contribution in [0.4, 0.5) is 0 Å². The van der Waals surface area contributed by atoms with Crippen LogP contribution in [0.25, 0.3) is 0 Å². The van der Waals surface area contributed by atoms with Crippen LogP contribution in [0.3, 0.4) is 0 Å². The highest BCUT2D eigenvalue weighted by molar-refractivity contribution is 5.80. The standard InChI is InChI=1S/C22H31N3O3/c26-15-6-2-1-5-13-23-22(24-14-11-18-8-7-16-27-18)25-20-12-17-28-21-10-4-3-9-19(20)21/h3-4,7-10,16,20,26H,1-2,5-6,11-15,17H2,(H2,23,24,25). The number of hydrogen-bond donors (Lipinski definition) is 3. The summed E-state index contributed by atoms with van der Waals surface area (Å²) in [5, 5.41) is 15.9. The maximum atomic E-state index is 8.88. The second-order valence-corrected chi connectivity index (χ2v) is 7.00. The van der Waals surface area contributed by atoms with E-state index in [1.165, 1.54) is 5.56 Å². The largest absolute Gasteiger partial charge is 0.493 e. The summed E-state index contributed by atoms with van der Waals surface area (Å²) in [6.45, 7) is 2.50. The Kier molecular flexibility index (Phi) is 8.25. The van der Waals surface area contributed by atoms with Crippen LogP contribution in [0.2, 0.25) is 0 Å². The molecule has 3 rings (SSSR count). The Morgan fingerprint density at radius 2 is 2.00 bits per heavy atom. The first kappa shape index (κ1) is 20.3. The number of nitrogens with zero attached hydrogens (tertiary/aromatic N) is 1. The molecule has 0 saturated carbocycles. The molecule has 0 amide bonds. The predicted molar refractivity (Wildman–Crippen MR) is 111 cm³/mol. The Labute approximate surface area is 167 Å². The molecule has 0 bridgehead atoms. The zero-order valence-corrected chi connectivity index (χ0v) is 16.4. The number of guanidine groups is 1. The quantitative estimate of drug-likeness (QED) is 0.332. The van der Waals surface area contributed by atoms with E-state index in [-0.39, 0.29) is 12.6 Å². The molecule has 1 aromatic heterocycles. The SMILES string of the molecule is OCCCCCCN=C(NCCc1ccco1)NC1CCOc2ccccc21. The molecule has 2 heterocycles. The molecule has 1 atom stereocenters. The van der Waals surface area contributed by atoms with E-state index in [1.54, 1.807) is 6.26 Å². The van der Waals surface area contributed by atoms with E-state index < -0.39 is 0 Å². The van der Waals surface area contributed by atoms with E-state index in [0.717, 1.165) is 69.1 Å². The smallest absolute Gasteiger partial charge is 0.191 e. The van der Waals surface area contributed by atoms with Crippen molar-refractivity contribution >= 4 is 5.96 Å². The average Bonchev–Trinajstić information content (AvgIpc) is 3.24. The molecule has 152 valence electrons. The molecular weight excluding hydrogens is 354 g/mol. The molecule has 0 radical (unpaired) electrons. The molecule has 6 heteroatoms. The zero-order valence-electron chi connectivity index (χ0n) is 16.4. The Bertz CT molecular complexity index is 716. The number of aliphatic hydroxyl groups excluding tert-OH is 1. The molecule has 2 aromatic rings. The van der Waals surface area contributed by atoms with Crippen molar-refractivity contribution < 1.29 is 14.3 Å². The van der Waals surface area contributed by atoms with Crippen LogP contribution in [-0.4, -0.2) is 37.4 Å². The minimum absolute atomic E-state index is 0.189. The number of nitrogens with one attached hydrogen (secondary N) is 2. The summed E-state index contributed by atoms with van der Waals surface area (Å²) in [6.07, 6.45) is 7.46. The van der Waals surface area contributed by atoms with Gasteiger partial charge in [0.05, 0.1) is 18.9 Å². The topological polar surface area (TPSA) is 79.0 Å². The maximum absolute atomic E-state index is 8.88. The number of hydrogen-bond acceptors (Lipinski definition) is 4. The van der Waals surface area contributed by atoms with Crippen LogP contribution in [-0.2, 0) is 6.42 Å². The summed E-state index contributed by atoms with van der Waals surface area (Å²) in [6, 6.07) is 12.3. The fourth-order valence-electron chi connectivity index (χ4n) is 3.34. The molecule has 1 aromatic carbocycles. The molecule has 0 saturated heterocycles. The zero-order chi connectivity index (χ0) is 19.4. The van der Waals surface area contributed by atoms with Gasteiger partial charge in [0.25, 0.3) is 0 Å². The monoisotopic (exact) mass is 385 g/mol. The Hall–Kier alpha value is -2.47. The van der Waals surface area contributed by atoms with Gasteiger partial charge in [-0.3, -0.25) is 4.99 Å². The Morgan fingerprint density at radius 3 is 2.86 bits per heavy atom. The van der Waals surface area contributed by atoms with Gasteiger partial charge in [-0.1, -0.05) is 31.0 Å². The van der Waals surface area contributed by atoms with Crippen molar-refractivity contribution in [2.75, 3.05) is 26.3 Å². The van der Waals surface area contributed by atoms with Crippen molar-refractivity contribution in [1.29, 1.82) is 0 Å². The highest BCUT2D eigenvalue weighted by Gasteiger charge is 2.21. The lowest BCUT2D eigenvalue weighted by molar-refractivity contribution is 0.261. The summed E-state index contributed by atoms with van der Waals surface area (Å²) in [7, 11) is 0. The lowest BCUT2D eigenvalue weighted by Crippen LogP contribution is -2.42. The number of furan rings is 1. The lowest BCUT2D eigenvalue weighted by Gasteiger charge is -2.28. The van der Waals surface area contributed by atoms with Gasteiger partial charge in [-0.05, 0) is 31.0 Å². The fraction of sp³-hybridized carbons (Fsp3) is 0.500. The molecule has 0 fully saturated rings. The molecule has 1 aliphatic heterocycles. The number of fused-ring (bicyclic) bond motifs is 1. The average molecular weight is 386 g/mol. The van der Waals surface area contributed by atoms with Crippen LogP contribution < -0.4 is 15.4 Å². The third-order valence-electron chi connectivity index (χ3n) is 4.85. The van der Waals surface area contributed by atoms with E-state index in [0.29, 0.717) is 6.61 Å². The van der Waals surface area contributed by atoms with Crippen molar-refractivity contribution in [2.24, 2.45) is 4.99 Å². The molecular formula is C22H31N3O3. The van der Waals surface area contributed by atoms with Gasteiger partial charge in [-0.25, -0.2) is 0 Å². The van der Waals surface area contributed by atoms with Gasteiger partial charge in [0.1, 0.15) is 11.5 Å². The number of unbranched alkanes of at least 4 members (excludes halogenated alkanes) is 3. The minimum Gasteiger partial charge on any atom is -0.493 e. The summed E-state index contributed by atoms with van der Waals surface area (Å²) in [5.74, 6) is 2.74.